The van der Waals surface area contributed by atoms with Crippen LogP contribution in [0.15, 0.2) is 18.2 Å². The molecule has 0 spiro atoms. The molecule has 0 bridgehead atoms. The second-order valence-electron chi connectivity index (χ2n) is 5.32. The van der Waals surface area contributed by atoms with Crippen LogP contribution in [0.25, 0.3) is 0 Å². The number of nitrogens with one attached hydrogen (secondary N) is 1. The predicted octanol–water partition coefficient (Wildman–Crippen LogP) is 3.30. The molecule has 1 rings (SSSR count). The summed E-state index contributed by atoms with van der Waals surface area (Å²) in [6.07, 6.45) is 2.54. The number of hydrogen-bond acceptors (Lipinski definition) is 2. The van der Waals surface area contributed by atoms with E-state index >= 15 is 0 Å². The third-order valence-corrected chi connectivity index (χ3v) is 3.55. The van der Waals surface area contributed by atoms with Gasteiger partial charge < -0.3 is 10.2 Å². The smallest absolute Gasteiger partial charge is 0.0449 e. The standard InChI is InChI=1S/C16H28N2/c1-6-7-10-18(5)12-16(17-4)15-11-13(2)8-9-14(15)3/h8-9,11,16-17H,6-7,10,12H2,1-5H3. The zero-order chi connectivity index (χ0) is 13.5. The average Bonchev–Trinajstić information content (AvgIpc) is 2.36. The van der Waals surface area contributed by atoms with Crippen LogP contribution in [0.1, 0.15) is 42.5 Å². The molecule has 0 saturated heterocycles. The van der Waals surface area contributed by atoms with Crippen molar-refractivity contribution >= 4 is 0 Å². The number of hydrogen-bond donors (Lipinski definition) is 1. The monoisotopic (exact) mass is 248 g/mol. The van der Waals surface area contributed by atoms with Crippen molar-refractivity contribution in [1.82, 2.24) is 10.2 Å². The maximum absolute atomic E-state index is 3.45. The summed E-state index contributed by atoms with van der Waals surface area (Å²) < 4.78 is 0. The normalized spacial score (nSPS) is 13.0. The van der Waals surface area contributed by atoms with Crippen LogP contribution in [0.3, 0.4) is 0 Å². The molecule has 0 aromatic heterocycles. The molecule has 18 heavy (non-hydrogen) atoms. The second-order valence-corrected chi connectivity index (χ2v) is 5.32. The summed E-state index contributed by atoms with van der Waals surface area (Å²) in [5.41, 5.74) is 4.15. The number of unbranched alkanes of at least 4 members (excludes halogenated alkanes) is 1. The molecule has 2 heteroatoms. The molecule has 1 aromatic rings. The molecule has 2 nitrogen and oxygen atoms in total. The Labute approximate surface area is 112 Å². The van der Waals surface area contributed by atoms with Gasteiger partial charge in [0.25, 0.3) is 0 Å². The highest BCUT2D eigenvalue weighted by Crippen LogP contribution is 2.20. The minimum Gasteiger partial charge on any atom is -0.312 e. The van der Waals surface area contributed by atoms with Crippen LogP contribution in [0, 0.1) is 13.8 Å². The molecule has 0 aliphatic rings. The van der Waals surface area contributed by atoms with Gasteiger partial charge in [-0.15, -0.1) is 0 Å². The third kappa shape index (κ3) is 4.43. The Hall–Kier alpha value is -0.860. The SMILES string of the molecule is CCCCN(C)CC(NC)c1cc(C)ccc1C. The quantitative estimate of drug-likeness (QED) is 0.796. The van der Waals surface area contributed by atoms with E-state index in [0.717, 1.165) is 6.54 Å². The molecule has 0 amide bonds. The van der Waals surface area contributed by atoms with E-state index in [1.54, 1.807) is 0 Å². The molecule has 1 aromatic carbocycles. The summed E-state index contributed by atoms with van der Waals surface area (Å²) in [6, 6.07) is 7.14. The minimum atomic E-state index is 0.423. The van der Waals surface area contributed by atoms with Gasteiger partial charge in [-0.2, -0.15) is 0 Å². The molecular formula is C16H28N2. The maximum atomic E-state index is 3.45. The Bertz CT molecular complexity index is 360. The lowest BCUT2D eigenvalue weighted by Gasteiger charge is -2.25. The number of rotatable bonds is 7. The van der Waals surface area contributed by atoms with Gasteiger partial charge in [-0.3, -0.25) is 0 Å². The largest absolute Gasteiger partial charge is 0.312 e. The van der Waals surface area contributed by atoms with E-state index < -0.39 is 0 Å². The summed E-state index contributed by atoms with van der Waals surface area (Å²) in [4.78, 5) is 2.42. The molecule has 0 fully saturated rings. The average molecular weight is 248 g/mol. The highest BCUT2D eigenvalue weighted by molar-refractivity contribution is 5.33. The molecule has 1 atom stereocenters. The Morgan fingerprint density at radius 1 is 1.28 bits per heavy atom. The van der Waals surface area contributed by atoms with E-state index in [-0.39, 0.29) is 0 Å². The van der Waals surface area contributed by atoms with Crippen LogP contribution in [0.5, 0.6) is 0 Å². The summed E-state index contributed by atoms with van der Waals surface area (Å²) in [5, 5.41) is 3.45. The van der Waals surface area contributed by atoms with E-state index in [4.69, 9.17) is 0 Å². The highest BCUT2D eigenvalue weighted by Gasteiger charge is 2.14. The zero-order valence-corrected chi connectivity index (χ0v) is 12.6. The Balaban J connectivity index is 2.73. The molecule has 0 heterocycles. The first-order valence-electron chi connectivity index (χ1n) is 7.01. The molecule has 0 saturated carbocycles. The fourth-order valence-electron chi connectivity index (χ4n) is 2.31. The molecular weight excluding hydrogens is 220 g/mol. The van der Waals surface area contributed by atoms with Crippen molar-refractivity contribution in [1.29, 1.82) is 0 Å². The van der Waals surface area contributed by atoms with Crippen molar-refractivity contribution in [2.24, 2.45) is 0 Å². The van der Waals surface area contributed by atoms with Gasteiger partial charge in [-0.1, -0.05) is 37.1 Å². The molecule has 0 aliphatic carbocycles. The van der Waals surface area contributed by atoms with Crippen molar-refractivity contribution in [3.05, 3.63) is 34.9 Å². The molecule has 0 aliphatic heterocycles. The number of aryl methyl sites for hydroxylation is 2. The fourth-order valence-corrected chi connectivity index (χ4v) is 2.31. The van der Waals surface area contributed by atoms with E-state index in [2.05, 4.69) is 63.3 Å². The summed E-state index contributed by atoms with van der Waals surface area (Å²) in [6.45, 7) is 8.86. The summed E-state index contributed by atoms with van der Waals surface area (Å²) in [5.74, 6) is 0. The van der Waals surface area contributed by atoms with E-state index in [1.165, 1.54) is 36.1 Å². The van der Waals surface area contributed by atoms with Gasteiger partial charge in [-0.25, -0.2) is 0 Å². The fraction of sp³-hybridized carbons (Fsp3) is 0.625. The molecule has 1 N–H and O–H groups in total. The van der Waals surface area contributed by atoms with E-state index in [9.17, 15) is 0 Å². The van der Waals surface area contributed by atoms with Crippen LogP contribution < -0.4 is 5.32 Å². The van der Waals surface area contributed by atoms with Crippen LogP contribution in [-0.4, -0.2) is 32.1 Å². The first-order valence-corrected chi connectivity index (χ1v) is 7.01. The van der Waals surface area contributed by atoms with Crippen molar-refractivity contribution in [2.45, 2.75) is 39.7 Å². The summed E-state index contributed by atoms with van der Waals surface area (Å²) in [7, 11) is 4.27. The van der Waals surface area contributed by atoms with Gasteiger partial charge in [0.15, 0.2) is 0 Å². The van der Waals surface area contributed by atoms with Crippen LogP contribution in [-0.2, 0) is 0 Å². The van der Waals surface area contributed by atoms with E-state index in [1.807, 2.05) is 0 Å². The number of benzene rings is 1. The van der Waals surface area contributed by atoms with Gasteiger partial charge in [0.2, 0.25) is 0 Å². The topological polar surface area (TPSA) is 15.3 Å². The van der Waals surface area contributed by atoms with Crippen molar-refractivity contribution in [3.8, 4) is 0 Å². The zero-order valence-electron chi connectivity index (χ0n) is 12.6. The first kappa shape index (κ1) is 15.2. The van der Waals surface area contributed by atoms with Gasteiger partial charge in [0.05, 0.1) is 0 Å². The Morgan fingerprint density at radius 2 is 2.00 bits per heavy atom. The molecule has 1 unspecified atom stereocenters. The van der Waals surface area contributed by atoms with Gasteiger partial charge in [-0.05, 0) is 52.0 Å². The van der Waals surface area contributed by atoms with Gasteiger partial charge in [0.1, 0.15) is 0 Å². The lowest BCUT2D eigenvalue weighted by Crippen LogP contribution is -2.32. The highest BCUT2D eigenvalue weighted by atomic mass is 15.1. The Morgan fingerprint density at radius 3 is 2.61 bits per heavy atom. The second kappa shape index (κ2) is 7.55. The lowest BCUT2D eigenvalue weighted by atomic mass is 9.98. The predicted molar refractivity (Wildman–Crippen MR) is 80.1 cm³/mol. The molecule has 102 valence electrons. The van der Waals surface area contributed by atoms with Crippen LogP contribution in [0.4, 0.5) is 0 Å². The van der Waals surface area contributed by atoms with Crippen molar-refractivity contribution in [2.75, 3.05) is 27.2 Å². The lowest BCUT2D eigenvalue weighted by molar-refractivity contribution is 0.292. The number of likely N-dealkylation sites (N-methyl/N-ethyl adjacent to an activating group) is 2. The van der Waals surface area contributed by atoms with E-state index in [0.29, 0.717) is 6.04 Å². The summed E-state index contributed by atoms with van der Waals surface area (Å²) >= 11 is 0. The van der Waals surface area contributed by atoms with Gasteiger partial charge in [0, 0.05) is 12.6 Å². The Kier molecular flexibility index (Phi) is 6.37. The third-order valence-electron chi connectivity index (χ3n) is 3.55. The maximum Gasteiger partial charge on any atom is 0.0449 e. The first-order chi connectivity index (χ1) is 8.58. The van der Waals surface area contributed by atoms with Gasteiger partial charge >= 0.3 is 0 Å². The van der Waals surface area contributed by atoms with Crippen LogP contribution >= 0.6 is 0 Å². The molecule has 0 radical (unpaired) electrons. The minimum absolute atomic E-state index is 0.423. The van der Waals surface area contributed by atoms with Crippen LogP contribution in [0.2, 0.25) is 0 Å². The van der Waals surface area contributed by atoms with Crippen molar-refractivity contribution < 1.29 is 0 Å². The van der Waals surface area contributed by atoms with Crippen molar-refractivity contribution in [3.63, 3.8) is 0 Å². The number of nitrogens with zero attached hydrogens (tertiary/aromatic N) is 1.